The Morgan fingerprint density at radius 3 is 0.862 bits per heavy atom. The van der Waals surface area contributed by atoms with Crippen LogP contribution in [-0.4, -0.2) is 22.2 Å². The van der Waals surface area contributed by atoms with E-state index >= 15 is 0 Å². The van der Waals surface area contributed by atoms with Gasteiger partial charge in [-0.1, -0.05) is 117 Å². The molecule has 29 heavy (non-hydrogen) atoms. The molecule has 0 fully saturated rings. The van der Waals surface area contributed by atoms with Crippen LogP contribution < -0.4 is 0 Å². The number of carboxylic acids is 2. The van der Waals surface area contributed by atoms with Crippen molar-refractivity contribution in [3.05, 3.63) is 0 Å². The first-order valence-electron chi connectivity index (χ1n) is 12.0. The van der Waals surface area contributed by atoms with Crippen molar-refractivity contribution < 1.29 is 19.8 Å². The predicted octanol–water partition coefficient (Wildman–Crippen LogP) is 8.10. The van der Waals surface area contributed by atoms with Gasteiger partial charge in [-0.3, -0.25) is 9.59 Å². The van der Waals surface area contributed by atoms with E-state index in [0.717, 1.165) is 25.7 Å². The van der Waals surface area contributed by atoms with Crippen molar-refractivity contribution in [1.82, 2.24) is 0 Å². The fourth-order valence-corrected chi connectivity index (χ4v) is 3.17. The van der Waals surface area contributed by atoms with E-state index in [9.17, 15) is 9.59 Å². The molecule has 0 radical (unpaired) electrons. The van der Waals surface area contributed by atoms with Gasteiger partial charge in [0.2, 0.25) is 0 Å². The lowest BCUT2D eigenvalue weighted by molar-refractivity contribution is -0.138. The Hall–Kier alpha value is -0.710. The van der Waals surface area contributed by atoms with E-state index in [1.54, 1.807) is 0 Å². The summed E-state index contributed by atoms with van der Waals surface area (Å²) in [7, 11) is 0. The van der Waals surface area contributed by atoms with Gasteiger partial charge in [0.15, 0.2) is 0 Å². The summed E-state index contributed by atoms with van der Waals surface area (Å²) in [5.74, 6) is -1.32. The molecule has 0 aliphatic heterocycles. The van der Waals surface area contributed by atoms with Gasteiger partial charge in [-0.25, -0.2) is 0 Å². The lowest BCUT2D eigenvalue weighted by Crippen LogP contribution is -1.93. The Morgan fingerprint density at radius 2 is 0.655 bits per heavy atom. The molecule has 0 saturated carbocycles. The van der Waals surface area contributed by atoms with Crippen LogP contribution in [0.3, 0.4) is 0 Å². The quantitative estimate of drug-likeness (QED) is 0.190. The fraction of sp³-hybridized carbons (Fsp3) is 0.917. The van der Waals surface area contributed by atoms with E-state index in [1.807, 2.05) is 0 Å². The largest absolute Gasteiger partial charge is 0.481 e. The number of unbranched alkanes of at least 4 members (excludes halogenated alkanes) is 16. The topological polar surface area (TPSA) is 74.6 Å². The minimum atomic E-state index is -0.659. The van der Waals surface area contributed by atoms with Crippen molar-refractivity contribution >= 4 is 25.4 Å². The molecule has 0 amide bonds. The van der Waals surface area contributed by atoms with Gasteiger partial charge in [-0.2, -0.15) is 13.5 Å². The number of hydrogen-bond donors (Lipinski definition) is 2. The van der Waals surface area contributed by atoms with Crippen molar-refractivity contribution in [1.29, 1.82) is 0 Å². The maximum atomic E-state index is 10.2. The zero-order chi connectivity index (χ0) is 21.3. The van der Waals surface area contributed by atoms with Gasteiger partial charge in [0.1, 0.15) is 0 Å². The van der Waals surface area contributed by atoms with Crippen molar-refractivity contribution in [2.75, 3.05) is 0 Å². The molecule has 0 saturated heterocycles. The van der Waals surface area contributed by atoms with Gasteiger partial charge in [-0.05, 0) is 12.8 Å². The van der Waals surface area contributed by atoms with Crippen LogP contribution in [0.15, 0.2) is 0 Å². The second kappa shape index (κ2) is 29.5. The average Bonchev–Trinajstić information content (AvgIpc) is 2.65. The Labute approximate surface area is 187 Å². The molecule has 0 aliphatic rings. The summed E-state index contributed by atoms with van der Waals surface area (Å²) < 4.78 is 0. The molecular formula is C24H50O4S. The monoisotopic (exact) mass is 434 g/mol. The smallest absolute Gasteiger partial charge is 0.303 e. The minimum Gasteiger partial charge on any atom is -0.481 e. The number of aliphatic carboxylic acids is 2. The summed E-state index contributed by atoms with van der Waals surface area (Å²) in [5, 5.41) is 16.8. The molecule has 0 atom stereocenters. The van der Waals surface area contributed by atoms with Crippen molar-refractivity contribution in [2.24, 2.45) is 0 Å². The Bertz CT molecular complexity index is 303. The van der Waals surface area contributed by atoms with E-state index in [2.05, 4.69) is 13.8 Å². The number of rotatable bonds is 20. The second-order valence-corrected chi connectivity index (χ2v) is 7.94. The molecule has 0 unspecified atom stereocenters. The van der Waals surface area contributed by atoms with E-state index < -0.39 is 11.9 Å². The lowest BCUT2D eigenvalue weighted by Gasteiger charge is -2.00. The standard InChI is InChI=1S/2C12H24O2.H2S/c2*1-2-3-4-5-6-7-8-9-10-11-12(13)14;/h2*2-11H2,1H3,(H,13,14);1H2. The van der Waals surface area contributed by atoms with Gasteiger partial charge in [0, 0.05) is 12.8 Å². The molecule has 0 spiro atoms. The third kappa shape index (κ3) is 38.5. The normalized spacial score (nSPS) is 10.0. The summed E-state index contributed by atoms with van der Waals surface area (Å²) in [5.41, 5.74) is 0. The van der Waals surface area contributed by atoms with E-state index in [4.69, 9.17) is 10.2 Å². The van der Waals surface area contributed by atoms with Gasteiger partial charge >= 0.3 is 11.9 Å². The zero-order valence-electron chi connectivity index (χ0n) is 19.4. The molecule has 5 heteroatoms. The van der Waals surface area contributed by atoms with Gasteiger partial charge < -0.3 is 10.2 Å². The van der Waals surface area contributed by atoms with Crippen LogP contribution in [0.1, 0.15) is 142 Å². The van der Waals surface area contributed by atoms with Crippen LogP contribution in [-0.2, 0) is 9.59 Å². The van der Waals surface area contributed by atoms with E-state index in [1.165, 1.54) is 89.9 Å². The first kappa shape index (κ1) is 32.9. The van der Waals surface area contributed by atoms with Crippen LogP contribution >= 0.6 is 13.5 Å². The third-order valence-electron chi connectivity index (χ3n) is 4.99. The molecule has 0 heterocycles. The number of carboxylic acid groups (broad SMARTS) is 2. The first-order valence-corrected chi connectivity index (χ1v) is 12.0. The lowest BCUT2D eigenvalue weighted by atomic mass is 10.1. The summed E-state index contributed by atoms with van der Waals surface area (Å²) in [6.45, 7) is 4.46. The molecule has 2 N–H and O–H groups in total. The Balaban J connectivity index is -0.000000451. The van der Waals surface area contributed by atoms with Crippen molar-refractivity contribution in [3.8, 4) is 0 Å². The highest BCUT2D eigenvalue weighted by atomic mass is 32.1. The third-order valence-corrected chi connectivity index (χ3v) is 4.99. The summed E-state index contributed by atoms with van der Waals surface area (Å²) >= 11 is 0. The molecular weight excluding hydrogens is 384 g/mol. The average molecular weight is 435 g/mol. The van der Waals surface area contributed by atoms with Crippen LogP contribution in [0.5, 0.6) is 0 Å². The van der Waals surface area contributed by atoms with Gasteiger partial charge in [-0.15, -0.1) is 0 Å². The number of hydrogen-bond acceptors (Lipinski definition) is 2. The zero-order valence-corrected chi connectivity index (χ0v) is 20.4. The highest BCUT2D eigenvalue weighted by Crippen LogP contribution is 2.11. The minimum absolute atomic E-state index is 0. The molecule has 0 rings (SSSR count). The second-order valence-electron chi connectivity index (χ2n) is 7.94. The first-order chi connectivity index (χ1) is 13.5. The summed E-state index contributed by atoms with van der Waals surface area (Å²) in [4.78, 5) is 20.4. The molecule has 176 valence electrons. The van der Waals surface area contributed by atoms with Crippen LogP contribution in [0.25, 0.3) is 0 Å². The van der Waals surface area contributed by atoms with Gasteiger partial charge in [0.05, 0.1) is 0 Å². The predicted molar refractivity (Wildman–Crippen MR) is 129 cm³/mol. The summed E-state index contributed by atoms with van der Waals surface area (Å²) in [6.07, 6.45) is 23.0. The van der Waals surface area contributed by atoms with Gasteiger partial charge in [0.25, 0.3) is 0 Å². The molecule has 0 aromatic carbocycles. The maximum Gasteiger partial charge on any atom is 0.303 e. The van der Waals surface area contributed by atoms with E-state index in [-0.39, 0.29) is 13.5 Å². The molecule has 4 nitrogen and oxygen atoms in total. The number of carbonyl (C=O) groups is 2. The van der Waals surface area contributed by atoms with Crippen LogP contribution in [0.2, 0.25) is 0 Å². The molecule has 0 aliphatic carbocycles. The van der Waals surface area contributed by atoms with Crippen molar-refractivity contribution in [3.63, 3.8) is 0 Å². The highest BCUT2D eigenvalue weighted by Gasteiger charge is 1.97. The molecule has 0 aromatic heterocycles. The maximum absolute atomic E-state index is 10.2. The Kier molecular flexibility index (Phi) is 33.5. The van der Waals surface area contributed by atoms with Crippen LogP contribution in [0, 0.1) is 0 Å². The summed E-state index contributed by atoms with van der Waals surface area (Å²) in [6, 6.07) is 0. The van der Waals surface area contributed by atoms with Crippen molar-refractivity contribution in [2.45, 2.75) is 142 Å². The SMILES string of the molecule is CCCCCCCCCCCC(=O)O.CCCCCCCCCCCC(=O)O.S. The Morgan fingerprint density at radius 1 is 0.448 bits per heavy atom. The fourth-order valence-electron chi connectivity index (χ4n) is 3.17. The molecule has 0 bridgehead atoms. The highest BCUT2D eigenvalue weighted by molar-refractivity contribution is 7.59. The van der Waals surface area contributed by atoms with E-state index in [0.29, 0.717) is 12.8 Å². The molecule has 0 aromatic rings. The van der Waals surface area contributed by atoms with Crippen LogP contribution in [0.4, 0.5) is 0 Å².